The topological polar surface area (TPSA) is 95.0 Å². The SMILES string of the molecule is CCCC[C@H](O)CN1CCN(Cc2nc(C(=O)NCc3ccco3)co2)CC1. The van der Waals surface area contributed by atoms with Crippen molar-refractivity contribution in [1.29, 1.82) is 0 Å². The smallest absolute Gasteiger partial charge is 0.273 e. The normalized spacial score (nSPS) is 16.9. The molecule has 1 aliphatic heterocycles. The second kappa shape index (κ2) is 10.4. The lowest BCUT2D eigenvalue weighted by atomic mass is 10.1. The minimum absolute atomic E-state index is 0.236. The minimum Gasteiger partial charge on any atom is -0.467 e. The molecule has 0 aliphatic carbocycles. The van der Waals surface area contributed by atoms with Gasteiger partial charge < -0.3 is 19.3 Å². The zero-order valence-electron chi connectivity index (χ0n) is 16.5. The van der Waals surface area contributed by atoms with Crippen LogP contribution < -0.4 is 5.32 Å². The molecule has 1 saturated heterocycles. The highest BCUT2D eigenvalue weighted by molar-refractivity contribution is 5.91. The number of hydrogen-bond acceptors (Lipinski definition) is 7. The van der Waals surface area contributed by atoms with Crippen molar-refractivity contribution in [3.63, 3.8) is 0 Å². The van der Waals surface area contributed by atoms with Crippen LogP contribution in [0.2, 0.25) is 0 Å². The third-order valence-electron chi connectivity index (χ3n) is 4.97. The first kappa shape index (κ1) is 20.6. The second-order valence-electron chi connectivity index (χ2n) is 7.26. The number of nitrogens with one attached hydrogen (secondary N) is 1. The second-order valence-corrected chi connectivity index (χ2v) is 7.26. The Balaban J connectivity index is 1.39. The Morgan fingerprint density at radius 2 is 2.07 bits per heavy atom. The zero-order valence-corrected chi connectivity index (χ0v) is 16.5. The van der Waals surface area contributed by atoms with Crippen molar-refractivity contribution in [3.8, 4) is 0 Å². The van der Waals surface area contributed by atoms with Crippen molar-refractivity contribution in [1.82, 2.24) is 20.1 Å². The molecule has 1 fully saturated rings. The van der Waals surface area contributed by atoms with Crippen LogP contribution in [0.5, 0.6) is 0 Å². The first-order chi connectivity index (χ1) is 13.6. The highest BCUT2D eigenvalue weighted by Gasteiger charge is 2.21. The number of rotatable bonds is 10. The summed E-state index contributed by atoms with van der Waals surface area (Å²) < 4.78 is 10.7. The number of carbonyl (C=O) groups excluding carboxylic acids is 1. The van der Waals surface area contributed by atoms with E-state index >= 15 is 0 Å². The minimum atomic E-state index is -0.280. The van der Waals surface area contributed by atoms with Gasteiger partial charge in [0, 0.05) is 32.7 Å². The van der Waals surface area contributed by atoms with E-state index in [9.17, 15) is 9.90 Å². The fourth-order valence-electron chi connectivity index (χ4n) is 3.31. The summed E-state index contributed by atoms with van der Waals surface area (Å²) in [4.78, 5) is 21.0. The van der Waals surface area contributed by atoms with Crippen LogP contribution in [-0.2, 0) is 13.1 Å². The molecular formula is C20H30N4O4. The van der Waals surface area contributed by atoms with Crippen LogP contribution in [0.25, 0.3) is 0 Å². The van der Waals surface area contributed by atoms with Crippen LogP contribution in [0.1, 0.15) is 48.3 Å². The average molecular weight is 390 g/mol. The van der Waals surface area contributed by atoms with Crippen molar-refractivity contribution < 1.29 is 18.7 Å². The zero-order chi connectivity index (χ0) is 19.8. The lowest BCUT2D eigenvalue weighted by Crippen LogP contribution is -2.48. The number of nitrogens with zero attached hydrogens (tertiary/aromatic N) is 3. The van der Waals surface area contributed by atoms with Crippen LogP contribution in [0, 0.1) is 0 Å². The number of furan rings is 1. The van der Waals surface area contributed by atoms with E-state index in [1.807, 2.05) is 0 Å². The van der Waals surface area contributed by atoms with Gasteiger partial charge >= 0.3 is 0 Å². The van der Waals surface area contributed by atoms with E-state index in [1.165, 1.54) is 6.26 Å². The fraction of sp³-hybridized carbons (Fsp3) is 0.600. The van der Waals surface area contributed by atoms with Crippen LogP contribution >= 0.6 is 0 Å². The Morgan fingerprint density at radius 3 is 2.79 bits per heavy atom. The molecule has 1 amide bonds. The molecule has 2 aromatic rings. The van der Waals surface area contributed by atoms with Gasteiger partial charge in [0.05, 0.1) is 25.5 Å². The largest absolute Gasteiger partial charge is 0.467 e. The van der Waals surface area contributed by atoms with Gasteiger partial charge in [0.2, 0.25) is 5.89 Å². The first-order valence-corrected chi connectivity index (χ1v) is 10.0. The van der Waals surface area contributed by atoms with Gasteiger partial charge in [-0.2, -0.15) is 0 Å². The number of aliphatic hydroxyl groups excluding tert-OH is 1. The maximum absolute atomic E-state index is 12.1. The van der Waals surface area contributed by atoms with Crippen molar-refractivity contribution in [2.24, 2.45) is 0 Å². The van der Waals surface area contributed by atoms with Gasteiger partial charge in [0.1, 0.15) is 12.0 Å². The lowest BCUT2D eigenvalue weighted by Gasteiger charge is -2.35. The molecule has 8 nitrogen and oxygen atoms in total. The van der Waals surface area contributed by atoms with E-state index in [4.69, 9.17) is 8.83 Å². The fourth-order valence-corrected chi connectivity index (χ4v) is 3.31. The van der Waals surface area contributed by atoms with E-state index < -0.39 is 0 Å². The highest BCUT2D eigenvalue weighted by atomic mass is 16.3. The first-order valence-electron chi connectivity index (χ1n) is 10.0. The molecule has 2 aromatic heterocycles. The summed E-state index contributed by atoms with van der Waals surface area (Å²) in [6, 6.07) is 3.58. The number of aromatic nitrogens is 1. The molecule has 0 aromatic carbocycles. The number of β-amino-alcohol motifs (C(OH)–C–C–N with tert-alkyl or cyclic N) is 1. The van der Waals surface area contributed by atoms with Crippen molar-refractivity contribution in [2.45, 2.75) is 45.4 Å². The Labute approximate surface area is 165 Å². The molecular weight excluding hydrogens is 360 g/mol. The van der Waals surface area contributed by atoms with Crippen molar-refractivity contribution in [2.75, 3.05) is 32.7 Å². The summed E-state index contributed by atoms with van der Waals surface area (Å²) >= 11 is 0. The number of piperazine rings is 1. The molecule has 1 atom stereocenters. The Kier molecular flexibility index (Phi) is 7.64. The van der Waals surface area contributed by atoms with Crippen LogP contribution in [0.3, 0.4) is 0 Å². The summed E-state index contributed by atoms with van der Waals surface area (Å²) in [7, 11) is 0. The molecule has 3 heterocycles. The van der Waals surface area contributed by atoms with Gasteiger partial charge in [-0.3, -0.25) is 14.6 Å². The molecule has 0 saturated carbocycles. The molecule has 0 bridgehead atoms. The van der Waals surface area contributed by atoms with E-state index in [-0.39, 0.29) is 17.7 Å². The standard InChI is InChI=1S/C20H30N4O4/c1-2-3-5-16(25)13-23-7-9-24(10-8-23)14-19-22-18(15-28-19)20(26)21-12-17-6-4-11-27-17/h4,6,11,15-16,25H,2-3,5,7-10,12-14H2,1H3,(H,21,26)/t16-/m0/s1. The van der Waals surface area contributed by atoms with Crippen LogP contribution in [0.15, 0.2) is 33.5 Å². The van der Waals surface area contributed by atoms with Gasteiger partial charge in [-0.1, -0.05) is 19.8 Å². The summed E-state index contributed by atoms with van der Waals surface area (Å²) in [5.74, 6) is 0.951. The van der Waals surface area contributed by atoms with Crippen molar-refractivity contribution in [3.05, 3.63) is 42.0 Å². The quantitative estimate of drug-likeness (QED) is 0.639. The van der Waals surface area contributed by atoms with Gasteiger partial charge in [-0.15, -0.1) is 0 Å². The Hall–Kier alpha value is -2.16. The molecule has 0 unspecified atom stereocenters. The summed E-state index contributed by atoms with van der Waals surface area (Å²) in [6.45, 7) is 7.40. The monoisotopic (exact) mass is 390 g/mol. The number of unbranched alkanes of at least 4 members (excludes halogenated alkanes) is 1. The predicted molar refractivity (Wildman–Crippen MR) is 104 cm³/mol. The summed E-state index contributed by atoms with van der Waals surface area (Å²) in [6.07, 6.45) is 5.79. The third-order valence-corrected chi connectivity index (χ3v) is 4.97. The maximum atomic E-state index is 12.1. The lowest BCUT2D eigenvalue weighted by molar-refractivity contribution is 0.0627. The van der Waals surface area contributed by atoms with Gasteiger partial charge in [0.15, 0.2) is 5.69 Å². The molecule has 28 heavy (non-hydrogen) atoms. The van der Waals surface area contributed by atoms with E-state index in [1.54, 1.807) is 18.4 Å². The Morgan fingerprint density at radius 1 is 1.29 bits per heavy atom. The number of carbonyl (C=O) groups is 1. The molecule has 154 valence electrons. The molecule has 0 radical (unpaired) electrons. The summed E-state index contributed by atoms with van der Waals surface area (Å²) in [5, 5.41) is 12.8. The number of hydrogen-bond donors (Lipinski definition) is 2. The van der Waals surface area contributed by atoms with Gasteiger partial charge in [-0.05, 0) is 18.6 Å². The average Bonchev–Trinajstić information content (AvgIpc) is 3.38. The number of amides is 1. The van der Waals surface area contributed by atoms with Gasteiger partial charge in [-0.25, -0.2) is 4.98 Å². The predicted octanol–water partition coefficient (Wildman–Crippen LogP) is 1.87. The molecule has 3 rings (SSSR count). The summed E-state index contributed by atoms with van der Waals surface area (Å²) in [5.41, 5.74) is 0.277. The van der Waals surface area contributed by atoms with Gasteiger partial charge in [0.25, 0.3) is 5.91 Å². The molecule has 2 N–H and O–H groups in total. The van der Waals surface area contributed by atoms with Crippen molar-refractivity contribution >= 4 is 5.91 Å². The van der Waals surface area contributed by atoms with Crippen LogP contribution in [-0.4, -0.2) is 64.6 Å². The third kappa shape index (κ3) is 6.19. The molecule has 0 spiro atoms. The van der Waals surface area contributed by atoms with E-state index in [0.29, 0.717) is 24.7 Å². The Bertz CT molecular complexity index is 708. The number of aliphatic hydroxyl groups is 1. The molecule has 1 aliphatic rings. The van der Waals surface area contributed by atoms with E-state index in [0.717, 1.165) is 52.0 Å². The van der Waals surface area contributed by atoms with E-state index in [2.05, 4.69) is 27.0 Å². The molecule has 8 heteroatoms. The maximum Gasteiger partial charge on any atom is 0.273 e. The number of oxazole rings is 1. The highest BCUT2D eigenvalue weighted by Crippen LogP contribution is 2.11. The van der Waals surface area contributed by atoms with Crippen LogP contribution in [0.4, 0.5) is 0 Å².